The lowest BCUT2D eigenvalue weighted by Gasteiger charge is -2.28. The van der Waals surface area contributed by atoms with Crippen molar-refractivity contribution in [3.8, 4) is 0 Å². The van der Waals surface area contributed by atoms with Crippen molar-refractivity contribution in [2.45, 2.75) is 65.5 Å². The number of hydrogen-bond donors (Lipinski definition) is 3. The van der Waals surface area contributed by atoms with E-state index in [1.165, 1.54) is 18.4 Å². The maximum atomic E-state index is 13.9. The number of hydrogen-bond acceptors (Lipinski definition) is 4. The van der Waals surface area contributed by atoms with Crippen LogP contribution >= 0.6 is 0 Å². The van der Waals surface area contributed by atoms with Gasteiger partial charge in [0.25, 0.3) is 17.7 Å². The first-order valence-electron chi connectivity index (χ1n) is 15.5. The predicted octanol–water partition coefficient (Wildman–Crippen LogP) is 5.62. The van der Waals surface area contributed by atoms with Gasteiger partial charge in [0.05, 0.1) is 17.2 Å². The predicted molar refractivity (Wildman–Crippen MR) is 170 cm³/mol. The smallest absolute Gasteiger partial charge is 0.256 e. The zero-order chi connectivity index (χ0) is 30.2. The highest BCUT2D eigenvalue weighted by molar-refractivity contribution is 6.35. The summed E-state index contributed by atoms with van der Waals surface area (Å²) in [6.07, 6.45) is 6.36. The number of rotatable bonds is 7. The standard InChI is InChI=1S/C35H41N5O3/c1-21-9-11-25(12-10-21)23(3)37-33(41)26-13-14-30-28(18-26)29(34(42)38-30)19-31-22(2)32(24(4)36-31)35(43)40-17-7-8-27(40)20-39-15-5-6-16-39/h9-14,18-19,23,27,36H,5-8,15-17,20H2,1-4H3,(H,37,41)(H,38,42)/t23-,27+/m1/s1. The van der Waals surface area contributed by atoms with Crippen LogP contribution in [0.25, 0.3) is 11.6 Å². The molecule has 3 amide bonds. The minimum absolute atomic E-state index is 0.0653. The Morgan fingerprint density at radius 2 is 1.77 bits per heavy atom. The van der Waals surface area contributed by atoms with E-state index in [0.717, 1.165) is 61.5 Å². The van der Waals surface area contributed by atoms with E-state index in [0.29, 0.717) is 28.0 Å². The average molecular weight is 580 g/mol. The highest BCUT2D eigenvalue weighted by atomic mass is 16.2. The van der Waals surface area contributed by atoms with Gasteiger partial charge in [-0.1, -0.05) is 29.8 Å². The number of carbonyl (C=O) groups is 3. The number of carbonyl (C=O) groups excluding carboxylic acids is 3. The lowest BCUT2D eigenvalue weighted by atomic mass is 10.0. The number of amides is 3. The lowest BCUT2D eigenvalue weighted by molar-refractivity contribution is -0.110. The molecular weight excluding hydrogens is 538 g/mol. The molecule has 3 aromatic rings. The normalized spacial score (nSPS) is 20.0. The molecule has 4 heterocycles. The first kappa shape index (κ1) is 28.9. The van der Waals surface area contributed by atoms with Crippen LogP contribution in [0.1, 0.15) is 93.0 Å². The van der Waals surface area contributed by atoms with E-state index >= 15 is 0 Å². The van der Waals surface area contributed by atoms with Gasteiger partial charge >= 0.3 is 0 Å². The largest absolute Gasteiger partial charge is 0.358 e. The first-order chi connectivity index (χ1) is 20.7. The molecule has 2 saturated heterocycles. The molecule has 224 valence electrons. The zero-order valence-electron chi connectivity index (χ0n) is 25.5. The summed E-state index contributed by atoms with van der Waals surface area (Å²) in [5.74, 6) is -0.371. The van der Waals surface area contributed by atoms with E-state index in [-0.39, 0.29) is 29.8 Å². The van der Waals surface area contributed by atoms with Gasteiger partial charge in [-0.2, -0.15) is 0 Å². The highest BCUT2D eigenvalue weighted by Crippen LogP contribution is 2.35. The van der Waals surface area contributed by atoms with Crippen molar-refractivity contribution in [3.63, 3.8) is 0 Å². The third-order valence-electron chi connectivity index (χ3n) is 9.27. The van der Waals surface area contributed by atoms with Crippen molar-refractivity contribution in [2.75, 3.05) is 31.5 Å². The van der Waals surface area contributed by atoms with Crippen LogP contribution in [0.15, 0.2) is 42.5 Å². The maximum absolute atomic E-state index is 13.9. The molecule has 2 fully saturated rings. The Morgan fingerprint density at radius 3 is 2.51 bits per heavy atom. The number of nitrogens with zero attached hydrogens (tertiary/aromatic N) is 2. The quantitative estimate of drug-likeness (QED) is 0.317. The fourth-order valence-electron chi connectivity index (χ4n) is 6.77. The SMILES string of the molecule is Cc1ccc([C@@H](C)NC(=O)c2ccc3c(c2)C(=Cc2[nH]c(C)c(C(=O)N4CCC[C@H]4CN4CCCC4)c2C)C(=O)N3)cc1. The molecule has 1 aromatic heterocycles. The Balaban J connectivity index is 1.23. The summed E-state index contributed by atoms with van der Waals surface area (Å²) in [7, 11) is 0. The van der Waals surface area contributed by atoms with Gasteiger partial charge in [-0.15, -0.1) is 0 Å². The summed E-state index contributed by atoms with van der Waals surface area (Å²) in [5, 5.41) is 5.99. The van der Waals surface area contributed by atoms with Crippen LogP contribution in [0.5, 0.6) is 0 Å². The van der Waals surface area contributed by atoms with E-state index in [2.05, 4.69) is 25.4 Å². The number of likely N-dealkylation sites (tertiary alicyclic amines) is 2. The number of benzene rings is 2. The van der Waals surface area contributed by atoms with Crippen LogP contribution in [0.3, 0.4) is 0 Å². The fourth-order valence-corrected chi connectivity index (χ4v) is 6.77. The molecule has 0 saturated carbocycles. The van der Waals surface area contributed by atoms with Crippen LogP contribution in [0, 0.1) is 20.8 Å². The summed E-state index contributed by atoms with van der Waals surface area (Å²) in [6, 6.07) is 13.4. The van der Waals surface area contributed by atoms with E-state index < -0.39 is 0 Å². The van der Waals surface area contributed by atoms with Gasteiger partial charge in [-0.3, -0.25) is 14.4 Å². The molecule has 3 aliphatic rings. The minimum atomic E-state index is -0.231. The molecule has 0 radical (unpaired) electrons. The molecule has 6 rings (SSSR count). The highest BCUT2D eigenvalue weighted by Gasteiger charge is 2.34. The molecule has 0 aliphatic carbocycles. The van der Waals surface area contributed by atoms with E-state index in [4.69, 9.17) is 0 Å². The summed E-state index contributed by atoms with van der Waals surface area (Å²) < 4.78 is 0. The summed E-state index contributed by atoms with van der Waals surface area (Å²) >= 11 is 0. The van der Waals surface area contributed by atoms with Crippen LogP contribution < -0.4 is 10.6 Å². The number of aryl methyl sites for hydroxylation is 2. The second-order valence-corrected chi connectivity index (χ2v) is 12.3. The summed E-state index contributed by atoms with van der Waals surface area (Å²) in [5.41, 5.74) is 7.54. The van der Waals surface area contributed by atoms with E-state index in [1.54, 1.807) is 18.2 Å². The van der Waals surface area contributed by atoms with Crippen molar-refractivity contribution in [1.29, 1.82) is 0 Å². The Morgan fingerprint density at radius 1 is 1.02 bits per heavy atom. The average Bonchev–Trinajstić information content (AvgIpc) is 3.78. The van der Waals surface area contributed by atoms with Crippen LogP contribution in [0.4, 0.5) is 5.69 Å². The van der Waals surface area contributed by atoms with Crippen molar-refractivity contribution in [1.82, 2.24) is 20.1 Å². The topological polar surface area (TPSA) is 97.5 Å². The van der Waals surface area contributed by atoms with E-state index in [9.17, 15) is 14.4 Å². The molecule has 2 atom stereocenters. The minimum Gasteiger partial charge on any atom is -0.358 e. The Labute approximate surface area is 253 Å². The molecule has 3 aliphatic heterocycles. The zero-order valence-corrected chi connectivity index (χ0v) is 25.5. The maximum Gasteiger partial charge on any atom is 0.256 e. The third kappa shape index (κ3) is 5.76. The summed E-state index contributed by atoms with van der Waals surface area (Å²) in [4.78, 5) is 48.0. The lowest BCUT2D eigenvalue weighted by Crippen LogP contribution is -2.42. The van der Waals surface area contributed by atoms with Crippen LogP contribution in [-0.4, -0.2) is 64.7 Å². The van der Waals surface area contributed by atoms with Crippen molar-refractivity contribution < 1.29 is 14.4 Å². The molecule has 0 spiro atoms. The van der Waals surface area contributed by atoms with Crippen molar-refractivity contribution in [2.24, 2.45) is 0 Å². The van der Waals surface area contributed by atoms with Crippen molar-refractivity contribution >= 4 is 35.1 Å². The van der Waals surface area contributed by atoms with Gasteiger partial charge in [0.2, 0.25) is 0 Å². The van der Waals surface area contributed by atoms with E-state index in [1.807, 2.05) is 58.0 Å². The van der Waals surface area contributed by atoms with Gasteiger partial charge in [-0.25, -0.2) is 0 Å². The van der Waals surface area contributed by atoms with Crippen LogP contribution in [-0.2, 0) is 4.79 Å². The second-order valence-electron chi connectivity index (χ2n) is 12.3. The van der Waals surface area contributed by atoms with Crippen molar-refractivity contribution in [3.05, 3.63) is 87.2 Å². The molecule has 0 bridgehead atoms. The molecule has 0 unspecified atom stereocenters. The molecule has 3 N–H and O–H groups in total. The van der Waals surface area contributed by atoms with Gasteiger partial charge < -0.3 is 25.4 Å². The number of H-pyrrole nitrogens is 1. The molecular formula is C35H41N5O3. The Hall–Kier alpha value is -4.17. The number of aromatic amines is 1. The number of aromatic nitrogens is 1. The fraction of sp³-hybridized carbons (Fsp3) is 0.400. The number of anilines is 1. The van der Waals surface area contributed by atoms with Gasteiger partial charge in [0.15, 0.2) is 0 Å². The molecule has 2 aromatic carbocycles. The second kappa shape index (κ2) is 11.8. The van der Waals surface area contributed by atoms with Gasteiger partial charge in [0, 0.05) is 47.3 Å². The Bertz CT molecular complexity index is 1600. The Kier molecular flexibility index (Phi) is 7.97. The van der Waals surface area contributed by atoms with Gasteiger partial charge in [-0.05, 0) is 102 Å². The number of nitrogens with one attached hydrogen (secondary N) is 3. The first-order valence-corrected chi connectivity index (χ1v) is 15.5. The van der Waals surface area contributed by atoms with Crippen LogP contribution in [0.2, 0.25) is 0 Å². The van der Waals surface area contributed by atoms with Gasteiger partial charge in [0.1, 0.15) is 0 Å². The molecule has 43 heavy (non-hydrogen) atoms. The third-order valence-corrected chi connectivity index (χ3v) is 9.27. The monoisotopic (exact) mass is 579 g/mol. The summed E-state index contributed by atoms with van der Waals surface area (Å²) in [6.45, 7) is 11.8. The number of fused-ring (bicyclic) bond motifs is 1. The molecule has 8 nitrogen and oxygen atoms in total. The molecule has 8 heteroatoms.